The van der Waals surface area contributed by atoms with Gasteiger partial charge in [-0.05, 0) is 152 Å². The van der Waals surface area contributed by atoms with Crippen LogP contribution in [0.15, 0.2) is 249 Å². The van der Waals surface area contributed by atoms with Gasteiger partial charge in [0.05, 0.1) is 5.41 Å². The van der Waals surface area contributed by atoms with Crippen LogP contribution in [0.4, 0.5) is 0 Å². The minimum Gasteiger partial charge on any atom is -0.0622 e. The van der Waals surface area contributed by atoms with Crippen LogP contribution in [-0.2, 0) is 17.3 Å². The molecular weight excluding hydrogens is 841 g/mol. The molecule has 0 heteroatoms. The molecule has 1 atom stereocenters. The molecule has 0 amide bonds. The number of hydrogen-bond donors (Lipinski definition) is 0. The van der Waals surface area contributed by atoms with Gasteiger partial charge in [-0.2, -0.15) is 0 Å². The number of hydrogen-bond acceptors (Lipinski definition) is 0. The lowest BCUT2D eigenvalue weighted by atomic mass is 9.70. The van der Waals surface area contributed by atoms with E-state index >= 15 is 0 Å². The van der Waals surface area contributed by atoms with E-state index in [0.717, 1.165) is 6.42 Å². The Morgan fingerprint density at radius 3 is 1.43 bits per heavy atom. The average molecular weight is 891 g/mol. The molecule has 3 aliphatic rings. The summed E-state index contributed by atoms with van der Waals surface area (Å²) in [5.41, 5.74) is 27.3. The molecule has 0 bridgehead atoms. The van der Waals surface area contributed by atoms with E-state index in [4.69, 9.17) is 0 Å². The Kier molecular flexibility index (Phi) is 9.08. The Hall–Kier alpha value is -8.32. The fraction of sp³-hybridized carbons (Fsp3) is 0.0857. The molecule has 0 saturated carbocycles. The SMILES string of the molecule is CC1(C)c2cc(CC(c3ccc(-c4ccccc4)cc3)c3ccc(-c4ccccc4)cc3)ccc2-c2ccc(-c3cccc4c3-c3ccccc3C43c4ccccc4-c4cc5ccccc5cc43)cc21. The monoisotopic (exact) mass is 890 g/mol. The largest absolute Gasteiger partial charge is 0.0725 e. The van der Waals surface area contributed by atoms with Crippen molar-refractivity contribution in [2.45, 2.75) is 37.0 Å². The molecule has 0 fully saturated rings. The predicted octanol–water partition coefficient (Wildman–Crippen LogP) is 17.9. The van der Waals surface area contributed by atoms with Crippen LogP contribution < -0.4 is 0 Å². The van der Waals surface area contributed by atoms with Gasteiger partial charge in [0, 0.05) is 11.3 Å². The Morgan fingerprint density at radius 1 is 0.300 bits per heavy atom. The maximum atomic E-state index is 2.53. The van der Waals surface area contributed by atoms with Crippen LogP contribution >= 0.6 is 0 Å². The Labute approximate surface area is 411 Å². The van der Waals surface area contributed by atoms with Crippen molar-refractivity contribution in [3.05, 3.63) is 299 Å². The van der Waals surface area contributed by atoms with E-state index in [1.54, 1.807) is 0 Å². The third kappa shape index (κ3) is 6.03. The van der Waals surface area contributed by atoms with Crippen LogP contribution in [0.3, 0.4) is 0 Å². The van der Waals surface area contributed by atoms with Gasteiger partial charge in [-0.3, -0.25) is 0 Å². The van der Waals surface area contributed by atoms with Gasteiger partial charge in [-0.25, -0.2) is 0 Å². The Balaban J connectivity index is 0.849. The minimum atomic E-state index is -0.410. The van der Waals surface area contributed by atoms with E-state index < -0.39 is 5.41 Å². The van der Waals surface area contributed by atoms with Crippen molar-refractivity contribution in [3.63, 3.8) is 0 Å². The summed E-state index contributed by atoms with van der Waals surface area (Å²) < 4.78 is 0. The first-order valence-electron chi connectivity index (χ1n) is 24.9. The predicted molar refractivity (Wildman–Crippen MR) is 293 cm³/mol. The first-order valence-corrected chi connectivity index (χ1v) is 24.9. The molecule has 11 aromatic rings. The second-order valence-electron chi connectivity index (χ2n) is 20.3. The topological polar surface area (TPSA) is 0 Å². The van der Waals surface area contributed by atoms with Gasteiger partial charge in [0.1, 0.15) is 0 Å². The van der Waals surface area contributed by atoms with Crippen LogP contribution in [-0.4, -0.2) is 0 Å². The van der Waals surface area contributed by atoms with Crippen molar-refractivity contribution in [2.75, 3.05) is 0 Å². The molecule has 0 nitrogen and oxygen atoms in total. The van der Waals surface area contributed by atoms with E-state index in [1.807, 2.05) is 0 Å². The summed E-state index contributed by atoms with van der Waals surface area (Å²) in [5.74, 6) is 0.190. The summed E-state index contributed by atoms with van der Waals surface area (Å²) in [6, 6.07) is 93.8. The third-order valence-electron chi connectivity index (χ3n) is 16.3. The summed E-state index contributed by atoms with van der Waals surface area (Å²) in [6.07, 6.45) is 0.902. The van der Waals surface area contributed by atoms with E-state index in [0.29, 0.717) is 0 Å². The van der Waals surface area contributed by atoms with Gasteiger partial charge in [0.25, 0.3) is 0 Å². The lowest BCUT2D eigenvalue weighted by Gasteiger charge is -2.30. The van der Waals surface area contributed by atoms with Crippen molar-refractivity contribution in [3.8, 4) is 66.8 Å². The number of benzene rings is 11. The summed E-state index contributed by atoms with van der Waals surface area (Å²) in [4.78, 5) is 0. The molecule has 0 aliphatic heterocycles. The number of fused-ring (bicyclic) bond motifs is 14. The molecule has 1 spiro atoms. The molecule has 14 rings (SSSR count). The van der Waals surface area contributed by atoms with Crippen molar-refractivity contribution in [2.24, 2.45) is 0 Å². The normalized spacial score (nSPS) is 15.4. The standard InChI is InChI=1S/C70H50/c1-69(2)65-41-45(40-60(50-33-29-48(30-34-50)46-16-5-3-6-17-46)51-35-31-49(32-36-51)47-18-7-4-8-19-47)28-38-57(65)58-39-37-54(44-66(58)69)55-24-15-27-64-68(55)59-23-12-14-26-63(59)70(64)62-25-13-11-22-56(62)61-42-52-20-9-10-21-53(52)43-67(61)70/h3-39,41-44,60H,40H2,1-2H3. The van der Waals surface area contributed by atoms with Gasteiger partial charge in [-0.15, -0.1) is 0 Å². The van der Waals surface area contributed by atoms with E-state index in [9.17, 15) is 0 Å². The van der Waals surface area contributed by atoms with Crippen molar-refractivity contribution < 1.29 is 0 Å². The van der Waals surface area contributed by atoms with Gasteiger partial charge in [-0.1, -0.05) is 244 Å². The third-order valence-corrected chi connectivity index (χ3v) is 16.3. The highest BCUT2D eigenvalue weighted by Gasteiger charge is 2.52. The summed E-state index contributed by atoms with van der Waals surface area (Å²) in [5, 5.41) is 2.56. The van der Waals surface area contributed by atoms with Gasteiger partial charge >= 0.3 is 0 Å². The van der Waals surface area contributed by atoms with E-state index in [2.05, 4.69) is 263 Å². The van der Waals surface area contributed by atoms with Crippen molar-refractivity contribution in [1.29, 1.82) is 0 Å². The maximum Gasteiger partial charge on any atom is 0.0725 e. The molecule has 330 valence electrons. The average Bonchev–Trinajstić information content (AvgIpc) is 3.97. The Morgan fingerprint density at radius 2 is 0.771 bits per heavy atom. The smallest absolute Gasteiger partial charge is 0.0622 e. The lowest BCUT2D eigenvalue weighted by molar-refractivity contribution is 0.658. The van der Waals surface area contributed by atoms with Crippen LogP contribution in [0, 0.1) is 0 Å². The zero-order valence-electron chi connectivity index (χ0n) is 39.5. The summed E-state index contributed by atoms with van der Waals surface area (Å²) in [7, 11) is 0. The maximum absolute atomic E-state index is 2.53. The van der Waals surface area contributed by atoms with E-state index in [1.165, 1.54) is 128 Å². The molecule has 3 aliphatic carbocycles. The molecule has 0 N–H and O–H groups in total. The summed E-state index contributed by atoms with van der Waals surface area (Å²) in [6.45, 7) is 4.87. The van der Waals surface area contributed by atoms with Crippen LogP contribution in [0.5, 0.6) is 0 Å². The van der Waals surface area contributed by atoms with Gasteiger partial charge in [0.15, 0.2) is 0 Å². The fourth-order valence-corrected chi connectivity index (χ4v) is 12.9. The molecule has 11 aromatic carbocycles. The van der Waals surface area contributed by atoms with Crippen LogP contribution in [0.2, 0.25) is 0 Å². The molecule has 1 unspecified atom stereocenters. The first-order chi connectivity index (χ1) is 34.4. The zero-order valence-corrected chi connectivity index (χ0v) is 39.5. The second kappa shape index (κ2) is 15.6. The molecule has 70 heavy (non-hydrogen) atoms. The minimum absolute atomic E-state index is 0.190. The summed E-state index contributed by atoms with van der Waals surface area (Å²) >= 11 is 0. The molecular formula is C70H50. The Bertz CT molecular complexity index is 3770. The van der Waals surface area contributed by atoms with Crippen molar-refractivity contribution in [1.82, 2.24) is 0 Å². The quantitative estimate of drug-likeness (QED) is 0.150. The zero-order chi connectivity index (χ0) is 46.6. The highest BCUT2D eigenvalue weighted by atomic mass is 14.5. The lowest BCUT2D eigenvalue weighted by Crippen LogP contribution is -2.25. The first kappa shape index (κ1) is 40.7. The number of rotatable bonds is 7. The molecule has 0 aromatic heterocycles. The fourth-order valence-electron chi connectivity index (χ4n) is 12.9. The van der Waals surface area contributed by atoms with Gasteiger partial charge in [0.2, 0.25) is 0 Å². The molecule has 0 saturated heterocycles. The van der Waals surface area contributed by atoms with Crippen LogP contribution in [0.1, 0.15) is 69.8 Å². The highest BCUT2D eigenvalue weighted by molar-refractivity contribution is 6.03. The second-order valence-corrected chi connectivity index (χ2v) is 20.3. The van der Waals surface area contributed by atoms with Gasteiger partial charge < -0.3 is 0 Å². The molecule has 0 heterocycles. The van der Waals surface area contributed by atoms with Crippen LogP contribution in [0.25, 0.3) is 77.5 Å². The van der Waals surface area contributed by atoms with E-state index in [-0.39, 0.29) is 11.3 Å². The highest BCUT2D eigenvalue weighted by Crippen LogP contribution is 2.64. The molecule has 0 radical (unpaired) electrons. The van der Waals surface area contributed by atoms with Crippen molar-refractivity contribution >= 4 is 10.8 Å².